The number of hydrogen-bond donors (Lipinski definition) is 2. The molecular formula is C16H20N2O4S. The fourth-order valence-corrected chi connectivity index (χ4v) is 4.93. The number of nitrogens with one attached hydrogen (secondary N) is 1. The van der Waals surface area contributed by atoms with E-state index >= 15 is 0 Å². The number of thioether (sulfide) groups is 1. The molecule has 0 spiro atoms. The van der Waals surface area contributed by atoms with E-state index in [9.17, 15) is 14.7 Å². The number of aliphatic carboxylic acids is 1. The third-order valence-electron chi connectivity index (χ3n) is 4.41. The quantitative estimate of drug-likeness (QED) is 0.763. The Kier molecular flexibility index (Phi) is 4.25. The van der Waals surface area contributed by atoms with E-state index in [1.807, 2.05) is 31.2 Å². The van der Waals surface area contributed by atoms with Gasteiger partial charge in [0.2, 0.25) is 5.91 Å². The molecule has 0 aliphatic carbocycles. The molecule has 1 amide bonds. The molecule has 7 heteroatoms. The molecule has 1 aromatic carbocycles. The van der Waals surface area contributed by atoms with Gasteiger partial charge in [-0.2, -0.15) is 0 Å². The fourth-order valence-electron chi connectivity index (χ4n) is 3.20. The second-order valence-electron chi connectivity index (χ2n) is 6.08. The zero-order valence-electron chi connectivity index (χ0n) is 13.1. The second-order valence-corrected chi connectivity index (χ2v) is 7.80. The third kappa shape index (κ3) is 2.90. The first-order valence-corrected chi connectivity index (χ1v) is 8.38. The van der Waals surface area contributed by atoms with Crippen LogP contribution in [0.5, 0.6) is 5.75 Å². The maximum atomic E-state index is 11.7. The van der Waals surface area contributed by atoms with E-state index < -0.39 is 16.8 Å². The lowest BCUT2D eigenvalue weighted by Gasteiger charge is -2.37. The minimum absolute atomic E-state index is 0.0105. The summed E-state index contributed by atoms with van der Waals surface area (Å²) >= 11 is 1.59. The Morgan fingerprint density at radius 3 is 2.74 bits per heavy atom. The Labute approximate surface area is 139 Å². The van der Waals surface area contributed by atoms with Crippen molar-refractivity contribution in [2.24, 2.45) is 0 Å². The number of benzene rings is 1. The molecule has 2 aliphatic rings. The van der Waals surface area contributed by atoms with Crippen LogP contribution in [0.25, 0.3) is 0 Å². The van der Waals surface area contributed by atoms with Gasteiger partial charge in [0, 0.05) is 13.1 Å². The lowest BCUT2D eigenvalue weighted by Crippen LogP contribution is -2.58. The molecule has 3 rings (SSSR count). The monoisotopic (exact) mass is 336 g/mol. The summed E-state index contributed by atoms with van der Waals surface area (Å²) in [5.74, 6) is -0.184. The molecule has 0 radical (unpaired) electrons. The molecule has 0 saturated carbocycles. The van der Waals surface area contributed by atoms with Gasteiger partial charge in [-0.25, -0.2) is 4.79 Å². The molecule has 124 valence electrons. The van der Waals surface area contributed by atoms with Crippen molar-refractivity contribution in [1.82, 2.24) is 10.2 Å². The first-order chi connectivity index (χ1) is 10.9. The summed E-state index contributed by atoms with van der Waals surface area (Å²) in [5, 5.41) is 12.9. The summed E-state index contributed by atoms with van der Waals surface area (Å²) in [6.07, 6.45) is 0.447. The number of ether oxygens (including phenoxy) is 1. The van der Waals surface area contributed by atoms with Crippen molar-refractivity contribution in [2.45, 2.75) is 36.1 Å². The Hall–Kier alpha value is -1.73. The fraction of sp³-hybridized carbons (Fsp3) is 0.500. The van der Waals surface area contributed by atoms with Crippen LogP contribution >= 0.6 is 11.8 Å². The molecule has 2 aliphatic heterocycles. The molecule has 1 aromatic rings. The Balaban J connectivity index is 1.62. The molecule has 2 heterocycles. The van der Waals surface area contributed by atoms with Gasteiger partial charge in [-0.3, -0.25) is 4.79 Å². The number of nitrogens with zero attached hydrogens (tertiary/aromatic N) is 1. The number of hydrogen-bond acceptors (Lipinski definition) is 5. The van der Waals surface area contributed by atoms with Gasteiger partial charge >= 0.3 is 5.97 Å². The van der Waals surface area contributed by atoms with Crippen molar-refractivity contribution >= 4 is 23.6 Å². The smallest absolute Gasteiger partial charge is 0.327 e. The predicted octanol–water partition coefficient (Wildman–Crippen LogP) is 1.30. The first-order valence-electron chi connectivity index (χ1n) is 7.50. The van der Waals surface area contributed by atoms with Gasteiger partial charge in [0.15, 0.2) is 0 Å². The Morgan fingerprint density at radius 1 is 1.48 bits per heavy atom. The van der Waals surface area contributed by atoms with Crippen molar-refractivity contribution in [3.63, 3.8) is 0 Å². The van der Waals surface area contributed by atoms with Gasteiger partial charge < -0.3 is 20.1 Å². The van der Waals surface area contributed by atoms with Gasteiger partial charge in [0.1, 0.15) is 11.8 Å². The number of β-lactam (4-membered cyclic amide) rings is 1. The van der Waals surface area contributed by atoms with Crippen LogP contribution in [0.2, 0.25) is 0 Å². The number of rotatable bonds is 6. The third-order valence-corrected chi connectivity index (χ3v) is 5.98. The maximum absolute atomic E-state index is 11.7. The normalized spacial score (nSPS) is 29.1. The van der Waals surface area contributed by atoms with Crippen molar-refractivity contribution in [3.05, 3.63) is 29.8 Å². The number of amides is 1. The standard InChI is InChI=1S/C16H20N2O4S/c1-16(9-17-8-10-3-5-11(22-2)6-4-10)14(15(20)21)18-12(19)7-13(18)23-16/h3-6,13-14,17H,7-9H2,1-2H3,(H,20,21). The largest absolute Gasteiger partial charge is 0.497 e. The molecule has 6 nitrogen and oxygen atoms in total. The van der Waals surface area contributed by atoms with Gasteiger partial charge in [-0.1, -0.05) is 12.1 Å². The van der Waals surface area contributed by atoms with Crippen LogP contribution in [0.15, 0.2) is 24.3 Å². The Bertz CT molecular complexity index is 621. The van der Waals surface area contributed by atoms with Crippen LogP contribution in [-0.2, 0) is 16.1 Å². The summed E-state index contributed by atoms with van der Waals surface area (Å²) in [7, 11) is 1.63. The van der Waals surface area contributed by atoms with Gasteiger partial charge in [0.25, 0.3) is 0 Å². The molecule has 2 N–H and O–H groups in total. The summed E-state index contributed by atoms with van der Waals surface area (Å²) in [6, 6.07) is 6.98. The molecule has 2 saturated heterocycles. The van der Waals surface area contributed by atoms with Crippen LogP contribution in [0.3, 0.4) is 0 Å². The van der Waals surface area contributed by atoms with Gasteiger partial charge in [-0.05, 0) is 24.6 Å². The molecule has 2 fully saturated rings. The maximum Gasteiger partial charge on any atom is 0.327 e. The lowest BCUT2D eigenvalue weighted by atomic mass is 9.96. The van der Waals surface area contributed by atoms with E-state index in [-0.39, 0.29) is 11.3 Å². The topological polar surface area (TPSA) is 78.9 Å². The van der Waals surface area contributed by atoms with Gasteiger partial charge in [0.05, 0.1) is 23.7 Å². The van der Waals surface area contributed by atoms with E-state index in [4.69, 9.17) is 4.74 Å². The molecule has 0 bridgehead atoms. The highest BCUT2D eigenvalue weighted by Gasteiger charge is 2.60. The predicted molar refractivity (Wildman–Crippen MR) is 87.4 cm³/mol. The molecular weight excluding hydrogens is 316 g/mol. The van der Waals surface area contributed by atoms with Gasteiger partial charge in [-0.15, -0.1) is 11.8 Å². The minimum Gasteiger partial charge on any atom is -0.497 e. The number of fused-ring (bicyclic) bond motifs is 1. The lowest BCUT2D eigenvalue weighted by molar-refractivity contribution is -0.157. The highest BCUT2D eigenvalue weighted by atomic mass is 32.2. The van der Waals surface area contributed by atoms with Crippen LogP contribution in [0.4, 0.5) is 0 Å². The van der Waals surface area contributed by atoms with Crippen LogP contribution < -0.4 is 10.1 Å². The first kappa shape index (κ1) is 16.1. The van der Waals surface area contributed by atoms with E-state index in [2.05, 4.69) is 5.32 Å². The zero-order chi connectivity index (χ0) is 16.6. The summed E-state index contributed by atoms with van der Waals surface area (Å²) in [5.41, 5.74) is 1.10. The zero-order valence-corrected chi connectivity index (χ0v) is 13.9. The summed E-state index contributed by atoms with van der Waals surface area (Å²) in [4.78, 5) is 24.8. The molecule has 23 heavy (non-hydrogen) atoms. The molecule has 3 atom stereocenters. The summed E-state index contributed by atoms with van der Waals surface area (Å²) in [6.45, 7) is 3.09. The van der Waals surface area contributed by atoms with Crippen molar-refractivity contribution in [3.8, 4) is 5.75 Å². The van der Waals surface area contributed by atoms with E-state index in [1.54, 1.807) is 18.9 Å². The summed E-state index contributed by atoms with van der Waals surface area (Å²) < 4.78 is 4.61. The van der Waals surface area contributed by atoms with E-state index in [0.717, 1.165) is 11.3 Å². The number of carboxylic acid groups (broad SMARTS) is 1. The number of carbonyl (C=O) groups is 2. The molecule has 0 aromatic heterocycles. The number of methoxy groups -OCH3 is 1. The van der Waals surface area contributed by atoms with Crippen molar-refractivity contribution in [1.29, 1.82) is 0 Å². The highest BCUT2D eigenvalue weighted by Crippen LogP contribution is 2.50. The van der Waals surface area contributed by atoms with Crippen molar-refractivity contribution < 1.29 is 19.4 Å². The average molecular weight is 336 g/mol. The number of carboxylic acids is 1. The van der Waals surface area contributed by atoms with Crippen LogP contribution in [0.1, 0.15) is 18.9 Å². The molecule has 3 unspecified atom stereocenters. The van der Waals surface area contributed by atoms with E-state index in [1.165, 1.54) is 4.90 Å². The minimum atomic E-state index is -0.929. The van der Waals surface area contributed by atoms with Crippen LogP contribution in [0, 0.1) is 0 Å². The Morgan fingerprint density at radius 2 is 2.17 bits per heavy atom. The number of carbonyl (C=O) groups excluding carboxylic acids is 1. The van der Waals surface area contributed by atoms with E-state index in [0.29, 0.717) is 19.5 Å². The second kappa shape index (κ2) is 6.05. The van der Waals surface area contributed by atoms with Crippen molar-refractivity contribution in [2.75, 3.05) is 13.7 Å². The van der Waals surface area contributed by atoms with Crippen LogP contribution in [-0.4, -0.2) is 51.7 Å². The highest BCUT2D eigenvalue weighted by molar-refractivity contribution is 8.01. The SMILES string of the molecule is COc1ccc(CNCC2(C)SC3CC(=O)N3C2C(=O)O)cc1. The average Bonchev–Trinajstić information content (AvgIpc) is 2.76.